The summed E-state index contributed by atoms with van der Waals surface area (Å²) in [6, 6.07) is 5.91. The zero-order chi connectivity index (χ0) is 13.5. The highest BCUT2D eigenvalue weighted by atomic mass is 16.4. The van der Waals surface area contributed by atoms with Gasteiger partial charge in [0.1, 0.15) is 0 Å². The number of hydrogen-bond acceptors (Lipinski definition) is 2. The molecular formula is C14H19NO3. The summed E-state index contributed by atoms with van der Waals surface area (Å²) in [5.41, 5.74) is 3.56. The molecule has 0 aromatic heterocycles. The molecule has 0 bridgehead atoms. The molecule has 1 rings (SSSR count). The first kappa shape index (κ1) is 14.2. The number of hydrogen-bond donors (Lipinski definition) is 2. The smallest absolute Gasteiger partial charge is 0.303 e. The Balaban J connectivity index is 2.72. The summed E-state index contributed by atoms with van der Waals surface area (Å²) in [5, 5.41) is 11.4. The van der Waals surface area contributed by atoms with E-state index in [9.17, 15) is 9.59 Å². The Morgan fingerprint density at radius 3 is 2.78 bits per heavy atom. The lowest BCUT2D eigenvalue weighted by molar-refractivity contribution is -0.137. The first-order valence-electron chi connectivity index (χ1n) is 6.01. The Morgan fingerprint density at radius 2 is 2.17 bits per heavy atom. The first-order valence-corrected chi connectivity index (χ1v) is 6.01. The average Bonchev–Trinajstić information content (AvgIpc) is 2.32. The van der Waals surface area contributed by atoms with E-state index in [2.05, 4.69) is 5.32 Å². The molecule has 1 aromatic rings. The van der Waals surface area contributed by atoms with E-state index in [0.717, 1.165) is 5.56 Å². The molecule has 0 radical (unpaired) electrons. The Labute approximate surface area is 107 Å². The molecular weight excluding hydrogens is 230 g/mol. The number of carboxylic acids is 1. The Kier molecular flexibility index (Phi) is 5.36. The van der Waals surface area contributed by atoms with E-state index in [4.69, 9.17) is 5.11 Å². The van der Waals surface area contributed by atoms with Crippen LogP contribution in [0.2, 0.25) is 0 Å². The fourth-order valence-corrected chi connectivity index (χ4v) is 1.94. The van der Waals surface area contributed by atoms with Crippen LogP contribution in [-0.2, 0) is 16.0 Å². The van der Waals surface area contributed by atoms with Gasteiger partial charge in [-0.25, -0.2) is 0 Å². The third-order valence-corrected chi connectivity index (χ3v) is 3.19. The number of nitrogens with one attached hydrogen (secondary N) is 1. The van der Waals surface area contributed by atoms with Crippen molar-refractivity contribution in [3.8, 4) is 0 Å². The summed E-state index contributed by atoms with van der Waals surface area (Å²) < 4.78 is 0. The van der Waals surface area contributed by atoms with Crippen LogP contribution in [0, 0.1) is 13.8 Å². The van der Waals surface area contributed by atoms with Crippen molar-refractivity contribution in [3.05, 3.63) is 34.9 Å². The molecule has 1 amide bonds. The number of rotatable bonds is 7. The van der Waals surface area contributed by atoms with E-state index in [0.29, 0.717) is 19.3 Å². The van der Waals surface area contributed by atoms with Crippen LogP contribution in [0.4, 0.5) is 0 Å². The number of benzene rings is 1. The highest BCUT2D eigenvalue weighted by Gasteiger charge is 2.12. The summed E-state index contributed by atoms with van der Waals surface area (Å²) in [4.78, 5) is 21.1. The Hall–Kier alpha value is -1.84. The molecule has 0 aliphatic heterocycles. The molecule has 1 atom stereocenters. The molecule has 0 fully saturated rings. The van der Waals surface area contributed by atoms with Crippen molar-refractivity contribution in [2.45, 2.75) is 39.2 Å². The molecule has 1 unspecified atom stereocenters. The largest absolute Gasteiger partial charge is 0.481 e. The molecule has 0 spiro atoms. The average molecular weight is 249 g/mol. The van der Waals surface area contributed by atoms with Gasteiger partial charge in [-0.2, -0.15) is 0 Å². The zero-order valence-electron chi connectivity index (χ0n) is 10.8. The van der Waals surface area contributed by atoms with Gasteiger partial charge in [-0.3, -0.25) is 9.59 Å². The van der Waals surface area contributed by atoms with Gasteiger partial charge in [-0.05, 0) is 43.4 Å². The predicted molar refractivity (Wildman–Crippen MR) is 69.5 cm³/mol. The van der Waals surface area contributed by atoms with Crippen molar-refractivity contribution in [1.29, 1.82) is 0 Å². The third kappa shape index (κ3) is 4.20. The second-order valence-electron chi connectivity index (χ2n) is 4.48. The number of carboxylic acid groups (broad SMARTS) is 1. The molecule has 0 heterocycles. The third-order valence-electron chi connectivity index (χ3n) is 3.19. The molecule has 18 heavy (non-hydrogen) atoms. The quantitative estimate of drug-likeness (QED) is 0.724. The van der Waals surface area contributed by atoms with E-state index in [-0.39, 0.29) is 12.5 Å². The molecule has 1 aromatic carbocycles. The van der Waals surface area contributed by atoms with Crippen LogP contribution in [0.25, 0.3) is 0 Å². The SMILES string of the molecule is Cc1cccc(CC(CCC(=O)O)NC=O)c1C. The van der Waals surface area contributed by atoms with Gasteiger partial charge in [0, 0.05) is 12.5 Å². The lowest BCUT2D eigenvalue weighted by atomic mass is 9.96. The van der Waals surface area contributed by atoms with Gasteiger partial charge in [0.05, 0.1) is 0 Å². The minimum absolute atomic E-state index is 0.0658. The second kappa shape index (κ2) is 6.79. The lowest BCUT2D eigenvalue weighted by Gasteiger charge is -2.17. The van der Waals surface area contributed by atoms with Crippen LogP contribution in [0.3, 0.4) is 0 Å². The number of amides is 1. The molecule has 0 aliphatic rings. The summed E-state index contributed by atoms with van der Waals surface area (Å²) in [5.74, 6) is -0.839. The maximum Gasteiger partial charge on any atom is 0.303 e. The fraction of sp³-hybridized carbons (Fsp3) is 0.429. The predicted octanol–water partition coefficient (Wildman–Crippen LogP) is 1.83. The van der Waals surface area contributed by atoms with Crippen molar-refractivity contribution in [1.82, 2.24) is 5.32 Å². The Bertz CT molecular complexity index is 429. The Morgan fingerprint density at radius 1 is 1.44 bits per heavy atom. The maximum absolute atomic E-state index is 10.6. The molecule has 4 nitrogen and oxygen atoms in total. The van der Waals surface area contributed by atoms with E-state index in [1.54, 1.807) is 0 Å². The van der Waals surface area contributed by atoms with Gasteiger partial charge < -0.3 is 10.4 Å². The van der Waals surface area contributed by atoms with Crippen LogP contribution < -0.4 is 5.32 Å². The highest BCUT2D eigenvalue weighted by Crippen LogP contribution is 2.16. The van der Waals surface area contributed by atoms with Crippen molar-refractivity contribution in [2.24, 2.45) is 0 Å². The minimum Gasteiger partial charge on any atom is -0.481 e. The summed E-state index contributed by atoms with van der Waals surface area (Å²) in [6.45, 7) is 4.08. The van der Waals surface area contributed by atoms with Gasteiger partial charge >= 0.3 is 5.97 Å². The van der Waals surface area contributed by atoms with Gasteiger partial charge in [-0.15, -0.1) is 0 Å². The molecule has 0 aliphatic carbocycles. The van der Waals surface area contributed by atoms with E-state index in [1.165, 1.54) is 11.1 Å². The van der Waals surface area contributed by atoms with Gasteiger partial charge in [-0.1, -0.05) is 18.2 Å². The van der Waals surface area contributed by atoms with Gasteiger partial charge in [0.15, 0.2) is 0 Å². The topological polar surface area (TPSA) is 66.4 Å². The minimum atomic E-state index is -0.839. The van der Waals surface area contributed by atoms with Crippen LogP contribution >= 0.6 is 0 Å². The van der Waals surface area contributed by atoms with Crippen molar-refractivity contribution >= 4 is 12.4 Å². The van der Waals surface area contributed by atoms with Gasteiger partial charge in [0.25, 0.3) is 0 Å². The summed E-state index contributed by atoms with van der Waals surface area (Å²) in [7, 11) is 0. The van der Waals surface area contributed by atoms with Crippen molar-refractivity contribution < 1.29 is 14.7 Å². The normalized spacial score (nSPS) is 11.9. The second-order valence-corrected chi connectivity index (χ2v) is 4.48. The molecule has 4 heteroatoms. The standard InChI is InChI=1S/C14H19NO3/c1-10-4-3-5-12(11(10)2)8-13(15-9-16)6-7-14(17)18/h3-5,9,13H,6-8H2,1-2H3,(H,15,16)(H,17,18). The molecule has 0 saturated carbocycles. The van der Waals surface area contributed by atoms with E-state index >= 15 is 0 Å². The number of carbonyl (C=O) groups is 2. The monoisotopic (exact) mass is 249 g/mol. The van der Waals surface area contributed by atoms with Crippen LogP contribution in [0.1, 0.15) is 29.5 Å². The van der Waals surface area contributed by atoms with Crippen LogP contribution in [0.15, 0.2) is 18.2 Å². The number of aliphatic carboxylic acids is 1. The number of aryl methyl sites for hydroxylation is 1. The molecule has 98 valence electrons. The van der Waals surface area contributed by atoms with E-state index < -0.39 is 5.97 Å². The summed E-state index contributed by atoms with van der Waals surface area (Å²) >= 11 is 0. The van der Waals surface area contributed by atoms with Crippen LogP contribution in [0.5, 0.6) is 0 Å². The zero-order valence-corrected chi connectivity index (χ0v) is 10.8. The maximum atomic E-state index is 10.6. The number of carbonyl (C=O) groups excluding carboxylic acids is 1. The highest BCUT2D eigenvalue weighted by molar-refractivity contribution is 5.66. The van der Waals surface area contributed by atoms with Crippen molar-refractivity contribution in [2.75, 3.05) is 0 Å². The first-order chi connectivity index (χ1) is 8.54. The lowest BCUT2D eigenvalue weighted by Crippen LogP contribution is -2.30. The molecule has 0 saturated heterocycles. The fourth-order valence-electron chi connectivity index (χ4n) is 1.94. The van der Waals surface area contributed by atoms with Gasteiger partial charge in [0.2, 0.25) is 6.41 Å². The van der Waals surface area contributed by atoms with Crippen LogP contribution in [-0.4, -0.2) is 23.5 Å². The van der Waals surface area contributed by atoms with E-state index in [1.807, 2.05) is 32.0 Å². The molecule has 2 N–H and O–H groups in total. The summed E-state index contributed by atoms with van der Waals surface area (Å²) in [6.07, 6.45) is 1.81. The van der Waals surface area contributed by atoms with Crippen molar-refractivity contribution in [3.63, 3.8) is 0 Å².